The minimum atomic E-state index is -0.0453. The number of benzene rings is 1. The molecule has 6 heteroatoms. The van der Waals surface area contributed by atoms with Crippen LogP contribution in [0.4, 0.5) is 0 Å². The van der Waals surface area contributed by atoms with Crippen molar-refractivity contribution < 1.29 is 9.59 Å². The molecular weight excluding hydrogens is 359 g/mol. The van der Waals surface area contributed by atoms with Gasteiger partial charge in [0.05, 0.1) is 10.0 Å². The first kappa shape index (κ1) is 18.5. The second-order valence-electron chi connectivity index (χ2n) is 7.23. The van der Waals surface area contributed by atoms with Crippen LogP contribution in [0.3, 0.4) is 0 Å². The van der Waals surface area contributed by atoms with E-state index in [1.807, 2.05) is 9.80 Å². The molecule has 1 unspecified atom stereocenters. The van der Waals surface area contributed by atoms with E-state index in [9.17, 15) is 9.59 Å². The number of carbonyl (C=O) groups is 2. The van der Waals surface area contributed by atoms with Crippen molar-refractivity contribution in [1.82, 2.24) is 9.80 Å². The SMILES string of the molecule is CC1CCCN(C(=O)C2CCN(C(=O)c3ccc(Cl)c(Cl)c3)CC2)C1. The van der Waals surface area contributed by atoms with Gasteiger partial charge in [-0.2, -0.15) is 0 Å². The molecule has 2 fully saturated rings. The Hall–Kier alpha value is -1.26. The number of halogens is 2. The average molecular weight is 383 g/mol. The Balaban J connectivity index is 1.56. The summed E-state index contributed by atoms with van der Waals surface area (Å²) in [5, 5.41) is 0.829. The van der Waals surface area contributed by atoms with Crippen LogP contribution in [0.1, 0.15) is 43.0 Å². The standard InChI is InChI=1S/C19H24Cl2N2O2/c1-13-3-2-8-23(12-13)18(24)14-6-9-22(10-7-14)19(25)15-4-5-16(20)17(21)11-15/h4-5,11,13-14H,2-3,6-10,12H2,1H3. The van der Waals surface area contributed by atoms with E-state index >= 15 is 0 Å². The molecule has 0 radical (unpaired) electrons. The zero-order valence-corrected chi connectivity index (χ0v) is 16.0. The first-order chi connectivity index (χ1) is 12.0. The summed E-state index contributed by atoms with van der Waals surface area (Å²) in [4.78, 5) is 29.2. The molecule has 0 spiro atoms. The summed E-state index contributed by atoms with van der Waals surface area (Å²) in [6, 6.07) is 4.95. The maximum absolute atomic E-state index is 12.7. The average Bonchev–Trinajstić information content (AvgIpc) is 2.63. The number of hydrogen-bond donors (Lipinski definition) is 0. The van der Waals surface area contributed by atoms with Crippen LogP contribution in [0.15, 0.2) is 18.2 Å². The third-order valence-electron chi connectivity index (χ3n) is 5.27. The topological polar surface area (TPSA) is 40.6 Å². The van der Waals surface area contributed by atoms with E-state index in [0.29, 0.717) is 34.6 Å². The van der Waals surface area contributed by atoms with Crippen molar-refractivity contribution >= 4 is 35.0 Å². The molecule has 136 valence electrons. The van der Waals surface area contributed by atoms with Gasteiger partial charge in [0.25, 0.3) is 5.91 Å². The largest absolute Gasteiger partial charge is 0.342 e. The molecule has 2 heterocycles. The zero-order valence-electron chi connectivity index (χ0n) is 14.5. The molecule has 0 aliphatic carbocycles. The third kappa shape index (κ3) is 4.29. The van der Waals surface area contributed by atoms with Crippen molar-refractivity contribution in [2.75, 3.05) is 26.2 Å². The summed E-state index contributed by atoms with van der Waals surface area (Å²) in [5.41, 5.74) is 0.545. The lowest BCUT2D eigenvalue weighted by Gasteiger charge is -2.37. The normalized spacial score (nSPS) is 22.1. The lowest BCUT2D eigenvalue weighted by Crippen LogP contribution is -2.47. The van der Waals surface area contributed by atoms with E-state index in [0.717, 1.165) is 32.4 Å². The predicted octanol–water partition coefficient (Wildman–Crippen LogP) is 4.10. The molecule has 0 saturated carbocycles. The van der Waals surface area contributed by atoms with E-state index in [1.165, 1.54) is 6.42 Å². The summed E-state index contributed by atoms with van der Waals surface area (Å²) in [5.74, 6) is 0.862. The van der Waals surface area contributed by atoms with Gasteiger partial charge in [0, 0.05) is 37.7 Å². The highest BCUT2D eigenvalue weighted by molar-refractivity contribution is 6.42. The lowest BCUT2D eigenvalue weighted by atomic mass is 9.92. The van der Waals surface area contributed by atoms with Gasteiger partial charge < -0.3 is 9.80 Å². The highest BCUT2D eigenvalue weighted by atomic mass is 35.5. The maximum atomic E-state index is 12.7. The summed E-state index contributed by atoms with van der Waals surface area (Å²) in [7, 11) is 0. The molecule has 2 saturated heterocycles. The van der Waals surface area contributed by atoms with Crippen LogP contribution in [0.25, 0.3) is 0 Å². The molecule has 2 amide bonds. The molecule has 1 atom stereocenters. The fraction of sp³-hybridized carbons (Fsp3) is 0.579. The Morgan fingerprint density at radius 1 is 1.00 bits per heavy atom. The van der Waals surface area contributed by atoms with Gasteiger partial charge in [-0.25, -0.2) is 0 Å². The van der Waals surface area contributed by atoms with Crippen LogP contribution in [-0.2, 0) is 4.79 Å². The van der Waals surface area contributed by atoms with Gasteiger partial charge in [-0.3, -0.25) is 9.59 Å². The highest BCUT2D eigenvalue weighted by Crippen LogP contribution is 2.26. The number of hydrogen-bond acceptors (Lipinski definition) is 2. The quantitative estimate of drug-likeness (QED) is 0.772. The molecule has 25 heavy (non-hydrogen) atoms. The van der Waals surface area contributed by atoms with E-state index < -0.39 is 0 Å². The molecule has 4 nitrogen and oxygen atoms in total. The molecule has 0 bridgehead atoms. The summed E-state index contributed by atoms with van der Waals surface area (Å²) < 4.78 is 0. The number of carbonyl (C=O) groups excluding carboxylic acids is 2. The van der Waals surface area contributed by atoms with Crippen molar-refractivity contribution in [2.24, 2.45) is 11.8 Å². The number of likely N-dealkylation sites (tertiary alicyclic amines) is 2. The lowest BCUT2D eigenvalue weighted by molar-refractivity contribution is -0.138. The van der Waals surface area contributed by atoms with Crippen LogP contribution in [0.2, 0.25) is 10.0 Å². The molecule has 0 aromatic heterocycles. The van der Waals surface area contributed by atoms with Crippen molar-refractivity contribution in [2.45, 2.75) is 32.6 Å². The zero-order chi connectivity index (χ0) is 18.0. The molecule has 1 aromatic rings. The van der Waals surface area contributed by atoms with E-state index in [4.69, 9.17) is 23.2 Å². The molecule has 1 aromatic carbocycles. The Labute approximate surface area is 159 Å². The number of piperidine rings is 2. The fourth-order valence-electron chi connectivity index (χ4n) is 3.79. The van der Waals surface area contributed by atoms with Crippen molar-refractivity contribution in [1.29, 1.82) is 0 Å². The second kappa shape index (κ2) is 7.96. The molecule has 3 rings (SSSR count). The Kier molecular flexibility index (Phi) is 5.90. The van der Waals surface area contributed by atoms with Crippen LogP contribution in [-0.4, -0.2) is 47.8 Å². The maximum Gasteiger partial charge on any atom is 0.253 e. The first-order valence-electron chi connectivity index (χ1n) is 8.99. The summed E-state index contributed by atoms with van der Waals surface area (Å²) >= 11 is 11.9. The van der Waals surface area contributed by atoms with Gasteiger partial charge in [0.15, 0.2) is 0 Å². The Morgan fingerprint density at radius 2 is 1.72 bits per heavy atom. The molecule has 2 aliphatic heterocycles. The van der Waals surface area contributed by atoms with Crippen LogP contribution in [0.5, 0.6) is 0 Å². The molecule has 2 aliphatic rings. The van der Waals surface area contributed by atoms with Crippen LogP contribution >= 0.6 is 23.2 Å². The van der Waals surface area contributed by atoms with Gasteiger partial charge in [0.1, 0.15) is 0 Å². The van der Waals surface area contributed by atoms with Gasteiger partial charge in [-0.15, -0.1) is 0 Å². The second-order valence-corrected chi connectivity index (χ2v) is 8.04. The van der Waals surface area contributed by atoms with Crippen LogP contribution in [0, 0.1) is 11.8 Å². The van der Waals surface area contributed by atoms with Crippen molar-refractivity contribution in [3.8, 4) is 0 Å². The van der Waals surface area contributed by atoms with E-state index in [-0.39, 0.29) is 17.7 Å². The number of amides is 2. The molecule has 0 N–H and O–H groups in total. The molecular formula is C19H24Cl2N2O2. The van der Waals surface area contributed by atoms with Gasteiger partial charge in [-0.1, -0.05) is 30.1 Å². The smallest absolute Gasteiger partial charge is 0.253 e. The minimum Gasteiger partial charge on any atom is -0.342 e. The summed E-state index contributed by atoms with van der Waals surface area (Å²) in [6.07, 6.45) is 3.77. The van der Waals surface area contributed by atoms with Crippen LogP contribution < -0.4 is 0 Å². The van der Waals surface area contributed by atoms with Crippen molar-refractivity contribution in [3.63, 3.8) is 0 Å². The first-order valence-corrected chi connectivity index (χ1v) is 9.74. The number of rotatable bonds is 2. The van der Waals surface area contributed by atoms with E-state index in [2.05, 4.69) is 6.92 Å². The van der Waals surface area contributed by atoms with E-state index in [1.54, 1.807) is 18.2 Å². The van der Waals surface area contributed by atoms with Crippen molar-refractivity contribution in [3.05, 3.63) is 33.8 Å². The monoisotopic (exact) mass is 382 g/mol. The van der Waals surface area contributed by atoms with Gasteiger partial charge >= 0.3 is 0 Å². The summed E-state index contributed by atoms with van der Waals surface area (Å²) in [6.45, 7) is 5.18. The van der Waals surface area contributed by atoms with Gasteiger partial charge in [-0.05, 0) is 49.8 Å². The predicted molar refractivity (Wildman–Crippen MR) is 100 cm³/mol. The Bertz CT molecular complexity index is 657. The van der Waals surface area contributed by atoms with Gasteiger partial charge in [0.2, 0.25) is 5.91 Å². The highest BCUT2D eigenvalue weighted by Gasteiger charge is 2.32. The third-order valence-corrected chi connectivity index (χ3v) is 6.01. The Morgan fingerprint density at radius 3 is 2.36 bits per heavy atom. The minimum absolute atomic E-state index is 0.0446. The fourth-order valence-corrected chi connectivity index (χ4v) is 4.09. The number of nitrogens with zero attached hydrogens (tertiary/aromatic N) is 2.